The van der Waals surface area contributed by atoms with Crippen LogP contribution in [-0.4, -0.2) is 103 Å². The number of aliphatic hydroxyl groups excluding tert-OH is 1. The first-order valence-corrected chi connectivity index (χ1v) is 15.0. The largest absolute Gasteiger partial charge is 0.481 e. The van der Waals surface area contributed by atoms with E-state index < -0.39 is 24.3 Å². The molecule has 3 rings (SSSR count). The fraction of sp³-hybridized carbons (Fsp3) is 0.806. The van der Waals surface area contributed by atoms with Gasteiger partial charge in [-0.05, 0) is 52.2 Å². The van der Waals surface area contributed by atoms with E-state index in [-0.39, 0.29) is 60.2 Å². The second-order valence-corrected chi connectivity index (χ2v) is 12.6. The topological polar surface area (TPSA) is 130 Å². The summed E-state index contributed by atoms with van der Waals surface area (Å²) >= 11 is 0. The van der Waals surface area contributed by atoms with Crippen molar-refractivity contribution in [3.8, 4) is 0 Å². The molecular formula is C31H52N2O8. The number of ether oxygens (including phenoxy) is 4. The van der Waals surface area contributed by atoms with Crippen molar-refractivity contribution < 1.29 is 38.7 Å². The van der Waals surface area contributed by atoms with Gasteiger partial charge in [-0.2, -0.15) is 0 Å². The molecule has 11 atom stereocenters. The van der Waals surface area contributed by atoms with Crippen LogP contribution in [0.4, 0.5) is 4.79 Å². The van der Waals surface area contributed by atoms with Crippen LogP contribution in [0.25, 0.3) is 0 Å². The molecule has 0 aliphatic carbocycles. The molecule has 234 valence electrons. The lowest BCUT2D eigenvalue weighted by atomic mass is 9.85. The molecule has 0 spiro atoms. The van der Waals surface area contributed by atoms with E-state index in [1.807, 2.05) is 33.0 Å². The molecule has 0 bridgehead atoms. The van der Waals surface area contributed by atoms with Crippen LogP contribution in [0, 0.1) is 17.8 Å². The summed E-state index contributed by atoms with van der Waals surface area (Å²) in [5.74, 6) is -0.746. The number of carbonyl (C=O) groups is 2. The van der Waals surface area contributed by atoms with Gasteiger partial charge in [-0.15, -0.1) is 0 Å². The second-order valence-electron chi connectivity index (χ2n) is 12.6. The van der Waals surface area contributed by atoms with Crippen molar-refractivity contribution in [2.45, 2.75) is 115 Å². The van der Waals surface area contributed by atoms with E-state index in [1.54, 1.807) is 18.9 Å². The van der Waals surface area contributed by atoms with E-state index in [9.17, 15) is 19.8 Å². The number of methoxy groups -OCH3 is 1. The van der Waals surface area contributed by atoms with E-state index in [4.69, 9.17) is 18.9 Å². The van der Waals surface area contributed by atoms with Crippen LogP contribution < -0.4 is 5.32 Å². The molecular weight excluding hydrogens is 528 g/mol. The van der Waals surface area contributed by atoms with Gasteiger partial charge in [0.05, 0.1) is 42.5 Å². The Kier molecular flexibility index (Phi) is 11.8. The summed E-state index contributed by atoms with van der Waals surface area (Å²) in [4.78, 5) is 26.1. The number of hydrogen-bond donors (Lipinski definition) is 3. The zero-order chi connectivity index (χ0) is 30.5. The smallest absolute Gasteiger partial charge is 0.410 e. The van der Waals surface area contributed by atoms with Crippen molar-refractivity contribution in [2.24, 2.45) is 17.8 Å². The number of epoxide rings is 1. The van der Waals surface area contributed by atoms with Crippen molar-refractivity contribution in [3.05, 3.63) is 23.8 Å². The lowest BCUT2D eigenvalue weighted by Gasteiger charge is -2.40. The number of aliphatic hydroxyl groups is 1. The maximum atomic E-state index is 12.9. The molecule has 0 aromatic carbocycles. The van der Waals surface area contributed by atoms with Crippen molar-refractivity contribution in [3.63, 3.8) is 0 Å². The first-order valence-electron chi connectivity index (χ1n) is 15.0. The average Bonchev–Trinajstić information content (AvgIpc) is 3.31. The molecule has 3 saturated heterocycles. The highest BCUT2D eigenvalue weighted by Crippen LogP contribution is 2.47. The number of likely N-dealkylation sites (tertiary alicyclic amines) is 1. The number of carboxylic acids is 1. The zero-order valence-electron chi connectivity index (χ0n) is 26.0. The molecule has 10 nitrogen and oxygen atoms in total. The Balaban J connectivity index is 1.61. The zero-order valence-corrected chi connectivity index (χ0v) is 26.0. The Hall–Kier alpha value is -1.98. The molecule has 3 aliphatic rings. The van der Waals surface area contributed by atoms with Gasteiger partial charge in [-0.3, -0.25) is 4.79 Å². The van der Waals surface area contributed by atoms with Crippen LogP contribution in [0.15, 0.2) is 23.8 Å². The summed E-state index contributed by atoms with van der Waals surface area (Å²) < 4.78 is 23.8. The van der Waals surface area contributed by atoms with Crippen LogP contribution in [-0.2, 0) is 23.7 Å². The maximum absolute atomic E-state index is 12.9. The Morgan fingerprint density at radius 3 is 2.56 bits per heavy atom. The minimum Gasteiger partial charge on any atom is -0.481 e. The third kappa shape index (κ3) is 8.76. The number of aliphatic carboxylic acids is 1. The molecule has 10 heteroatoms. The molecule has 3 heterocycles. The number of allylic oxidation sites excluding steroid dienone is 3. The van der Waals surface area contributed by atoms with E-state index in [1.165, 1.54) is 0 Å². The lowest BCUT2D eigenvalue weighted by molar-refractivity contribution is -0.151. The van der Waals surface area contributed by atoms with Gasteiger partial charge in [0.25, 0.3) is 0 Å². The molecule has 3 fully saturated rings. The lowest BCUT2D eigenvalue weighted by Crippen LogP contribution is -2.47. The maximum Gasteiger partial charge on any atom is 0.410 e. The summed E-state index contributed by atoms with van der Waals surface area (Å²) in [6.07, 6.45) is 5.58. The standard InChI is InChI=1S/C31H52N2O8/c1-18(16-31(6)29(41-31)21(4)28(38-8)22(5)34)10-9-11-19(2)27-20(3)25(14-24(39-27)15-26(35)36)40-30(37)33-13-12-23(17-33)32-7/h9-11,18,20-25,27-29,32,34H,12-17H2,1-8H3,(H,35,36)/b10-9+,19-11+/t18?,20-,21?,22?,23?,24+,25+,27+,28?,29+,31+/m0/s1. The Bertz CT molecular complexity index is 954. The van der Waals surface area contributed by atoms with Gasteiger partial charge in [0.2, 0.25) is 0 Å². The first-order chi connectivity index (χ1) is 19.3. The first kappa shape index (κ1) is 33.5. The molecule has 41 heavy (non-hydrogen) atoms. The normalized spacial score (nSPS) is 35.2. The van der Waals surface area contributed by atoms with Crippen molar-refractivity contribution >= 4 is 12.1 Å². The van der Waals surface area contributed by atoms with Gasteiger partial charge in [0.1, 0.15) is 6.10 Å². The Morgan fingerprint density at radius 1 is 1.27 bits per heavy atom. The summed E-state index contributed by atoms with van der Waals surface area (Å²) in [7, 11) is 3.51. The van der Waals surface area contributed by atoms with Crippen LogP contribution in [0.3, 0.4) is 0 Å². The van der Waals surface area contributed by atoms with Gasteiger partial charge < -0.3 is 39.4 Å². The fourth-order valence-corrected chi connectivity index (χ4v) is 6.73. The van der Waals surface area contributed by atoms with E-state index >= 15 is 0 Å². The number of rotatable bonds is 13. The average molecular weight is 581 g/mol. The van der Waals surface area contributed by atoms with Gasteiger partial charge in [0, 0.05) is 44.5 Å². The summed E-state index contributed by atoms with van der Waals surface area (Å²) in [6.45, 7) is 13.3. The predicted octanol–water partition coefficient (Wildman–Crippen LogP) is 3.77. The van der Waals surface area contributed by atoms with Crippen molar-refractivity contribution in [2.75, 3.05) is 27.2 Å². The minimum absolute atomic E-state index is 0.0298. The summed E-state index contributed by atoms with van der Waals surface area (Å²) in [5.41, 5.74) is 0.687. The third-order valence-electron chi connectivity index (χ3n) is 9.07. The van der Waals surface area contributed by atoms with Crippen molar-refractivity contribution in [1.29, 1.82) is 0 Å². The monoisotopic (exact) mass is 580 g/mol. The highest BCUT2D eigenvalue weighted by molar-refractivity contribution is 5.68. The second kappa shape index (κ2) is 14.5. The number of carbonyl (C=O) groups excluding carboxylic acids is 1. The summed E-state index contributed by atoms with van der Waals surface area (Å²) in [6, 6.07) is 0.261. The van der Waals surface area contributed by atoms with Crippen LogP contribution in [0.5, 0.6) is 0 Å². The van der Waals surface area contributed by atoms with Crippen LogP contribution in [0.2, 0.25) is 0 Å². The number of amides is 1. The predicted molar refractivity (Wildman–Crippen MR) is 156 cm³/mol. The van der Waals surface area contributed by atoms with Crippen LogP contribution >= 0.6 is 0 Å². The Labute approximate surface area is 245 Å². The fourth-order valence-electron chi connectivity index (χ4n) is 6.73. The number of nitrogens with one attached hydrogen (secondary N) is 1. The molecule has 1 amide bonds. The molecule has 0 aromatic rings. The highest BCUT2D eigenvalue weighted by Gasteiger charge is 2.56. The van der Waals surface area contributed by atoms with E-state index in [2.05, 4.69) is 32.2 Å². The third-order valence-corrected chi connectivity index (χ3v) is 9.07. The van der Waals surface area contributed by atoms with Gasteiger partial charge in [0.15, 0.2) is 0 Å². The quantitative estimate of drug-likeness (QED) is 0.220. The van der Waals surface area contributed by atoms with Crippen molar-refractivity contribution in [1.82, 2.24) is 10.2 Å². The molecule has 3 aliphatic heterocycles. The highest BCUT2D eigenvalue weighted by atomic mass is 16.6. The van der Waals surface area contributed by atoms with E-state index in [0.29, 0.717) is 19.5 Å². The number of nitrogens with zero attached hydrogens (tertiary/aromatic N) is 1. The molecule has 5 unspecified atom stereocenters. The SMILES string of the molecule is CNC1CCN(C(=O)O[C@@H]2C[C@H](CC(=O)O)O[C@H](/C(C)=C/C=C/C(C)C[C@@]3(C)O[C@@H]3C(C)C(OC)C(C)O)[C@H]2C)C1. The van der Waals surface area contributed by atoms with Gasteiger partial charge in [-0.1, -0.05) is 39.0 Å². The number of likely N-dealkylation sites (N-methyl/N-ethyl adjacent to an activating group) is 1. The van der Waals surface area contributed by atoms with Crippen LogP contribution in [0.1, 0.15) is 67.2 Å². The summed E-state index contributed by atoms with van der Waals surface area (Å²) in [5, 5.41) is 22.6. The number of hydrogen-bond acceptors (Lipinski definition) is 8. The molecule has 3 N–H and O–H groups in total. The van der Waals surface area contributed by atoms with E-state index in [0.717, 1.165) is 18.4 Å². The van der Waals surface area contributed by atoms with Gasteiger partial charge in [-0.25, -0.2) is 4.79 Å². The van der Waals surface area contributed by atoms with Gasteiger partial charge >= 0.3 is 12.1 Å². The molecule has 0 radical (unpaired) electrons. The molecule has 0 saturated carbocycles. The molecule has 0 aromatic heterocycles. The minimum atomic E-state index is -0.936. The Morgan fingerprint density at radius 2 is 1.98 bits per heavy atom. The number of carboxylic acid groups (broad SMARTS) is 1.